The van der Waals surface area contributed by atoms with Crippen LogP contribution in [0.4, 0.5) is 0 Å². The van der Waals surface area contributed by atoms with Gasteiger partial charge in [-0.1, -0.05) is 17.7 Å². The molecule has 112 valence electrons. The van der Waals surface area contributed by atoms with Crippen LogP contribution in [0.25, 0.3) is 0 Å². The van der Waals surface area contributed by atoms with Crippen molar-refractivity contribution in [3.8, 4) is 0 Å². The number of methoxy groups -OCH3 is 1. The van der Waals surface area contributed by atoms with E-state index in [-0.39, 0.29) is 18.7 Å². The number of fused-ring (bicyclic) bond motifs is 1. The number of rotatable bonds is 5. The molecule has 0 spiro atoms. The molecule has 0 saturated heterocycles. The number of carbonyl (C=O) groups is 3. The molecule has 1 atom stereocenters. The number of amides is 2. The van der Waals surface area contributed by atoms with Crippen LogP contribution in [-0.4, -0.2) is 35.8 Å². The van der Waals surface area contributed by atoms with Crippen molar-refractivity contribution in [3.63, 3.8) is 0 Å². The van der Waals surface area contributed by atoms with Crippen molar-refractivity contribution in [2.45, 2.75) is 32.4 Å². The smallest absolute Gasteiger partial charge is 0.305 e. The normalized spacial score (nSPS) is 14.8. The molecule has 1 aromatic rings. The first kappa shape index (κ1) is 15.0. The molecule has 0 bridgehead atoms. The summed E-state index contributed by atoms with van der Waals surface area (Å²) in [6.45, 7) is 2.28. The Bertz CT molecular complexity index is 597. The Hall–Kier alpha value is -2.37. The molecule has 21 heavy (non-hydrogen) atoms. The molecule has 6 heteroatoms. The van der Waals surface area contributed by atoms with Gasteiger partial charge in [0.1, 0.15) is 6.04 Å². The van der Waals surface area contributed by atoms with Crippen LogP contribution >= 0.6 is 0 Å². The van der Waals surface area contributed by atoms with E-state index in [2.05, 4.69) is 4.74 Å². The Morgan fingerprint density at radius 3 is 2.76 bits per heavy atom. The average Bonchev–Trinajstić information content (AvgIpc) is 2.75. The number of ether oxygens (including phenoxy) is 1. The third-order valence-electron chi connectivity index (χ3n) is 3.65. The zero-order valence-corrected chi connectivity index (χ0v) is 12.1. The van der Waals surface area contributed by atoms with E-state index in [1.54, 1.807) is 6.07 Å². The monoisotopic (exact) mass is 290 g/mol. The first-order valence-corrected chi connectivity index (χ1v) is 6.70. The Morgan fingerprint density at radius 1 is 1.43 bits per heavy atom. The van der Waals surface area contributed by atoms with Crippen LogP contribution in [0.1, 0.15) is 34.3 Å². The first-order chi connectivity index (χ1) is 9.93. The van der Waals surface area contributed by atoms with Gasteiger partial charge >= 0.3 is 5.97 Å². The Morgan fingerprint density at radius 2 is 2.14 bits per heavy atom. The molecule has 0 radical (unpaired) electrons. The quantitative estimate of drug-likeness (QED) is 0.811. The number of nitrogens with zero attached hydrogens (tertiary/aromatic N) is 1. The van der Waals surface area contributed by atoms with E-state index >= 15 is 0 Å². The maximum Gasteiger partial charge on any atom is 0.305 e. The second-order valence-electron chi connectivity index (χ2n) is 5.13. The highest BCUT2D eigenvalue weighted by Crippen LogP contribution is 2.26. The average molecular weight is 290 g/mol. The summed E-state index contributed by atoms with van der Waals surface area (Å²) in [6.07, 6.45) is 0.212. The number of hydrogen-bond donors (Lipinski definition) is 1. The Labute approximate surface area is 122 Å². The van der Waals surface area contributed by atoms with Crippen LogP contribution in [0.2, 0.25) is 0 Å². The largest absolute Gasteiger partial charge is 0.469 e. The van der Waals surface area contributed by atoms with Gasteiger partial charge in [0.25, 0.3) is 5.91 Å². The van der Waals surface area contributed by atoms with Gasteiger partial charge in [0.15, 0.2) is 0 Å². The number of aryl methyl sites for hydroxylation is 1. The fraction of sp³-hybridized carbons (Fsp3) is 0.400. The molecular formula is C15H18N2O4. The van der Waals surface area contributed by atoms with Crippen molar-refractivity contribution in [2.75, 3.05) is 7.11 Å². The van der Waals surface area contributed by atoms with Crippen molar-refractivity contribution < 1.29 is 19.1 Å². The van der Waals surface area contributed by atoms with Gasteiger partial charge in [0.05, 0.1) is 7.11 Å². The van der Waals surface area contributed by atoms with E-state index < -0.39 is 17.9 Å². The summed E-state index contributed by atoms with van der Waals surface area (Å²) in [5.74, 6) is -1.27. The molecule has 0 fully saturated rings. The van der Waals surface area contributed by atoms with Crippen LogP contribution < -0.4 is 5.73 Å². The summed E-state index contributed by atoms with van der Waals surface area (Å²) in [6, 6.07) is 4.73. The minimum atomic E-state index is -0.802. The standard InChI is InChI=1S/C15H18N2O4/c1-9-3-4-11-10(7-9)8-17(15(11)20)12(14(16)19)5-6-13(18)21-2/h3-4,7,12H,5-6,8H2,1-2H3,(H2,16,19). The maximum absolute atomic E-state index is 12.4. The lowest BCUT2D eigenvalue weighted by atomic mass is 10.1. The van der Waals surface area contributed by atoms with Crippen molar-refractivity contribution in [3.05, 3.63) is 34.9 Å². The lowest BCUT2D eigenvalue weighted by Crippen LogP contribution is -2.45. The molecule has 1 aromatic carbocycles. The summed E-state index contributed by atoms with van der Waals surface area (Å²) < 4.78 is 4.55. The highest BCUT2D eigenvalue weighted by molar-refractivity contribution is 6.01. The van der Waals surface area contributed by atoms with Gasteiger partial charge in [-0.3, -0.25) is 14.4 Å². The van der Waals surface area contributed by atoms with Gasteiger partial charge in [0.2, 0.25) is 5.91 Å². The van der Waals surface area contributed by atoms with E-state index in [9.17, 15) is 14.4 Å². The first-order valence-electron chi connectivity index (χ1n) is 6.70. The summed E-state index contributed by atoms with van der Waals surface area (Å²) in [5, 5.41) is 0. The van der Waals surface area contributed by atoms with E-state index in [0.717, 1.165) is 11.1 Å². The fourth-order valence-electron chi connectivity index (χ4n) is 2.53. The van der Waals surface area contributed by atoms with Crippen LogP contribution in [0.15, 0.2) is 18.2 Å². The topological polar surface area (TPSA) is 89.7 Å². The molecule has 1 aliphatic heterocycles. The molecule has 0 aliphatic carbocycles. The highest BCUT2D eigenvalue weighted by atomic mass is 16.5. The Kier molecular flexibility index (Phi) is 4.26. The minimum absolute atomic E-state index is 0.0449. The minimum Gasteiger partial charge on any atom is -0.469 e. The second-order valence-corrected chi connectivity index (χ2v) is 5.13. The zero-order valence-electron chi connectivity index (χ0n) is 12.1. The molecule has 1 aliphatic rings. The van der Waals surface area contributed by atoms with E-state index in [4.69, 9.17) is 5.73 Å². The SMILES string of the molecule is COC(=O)CCC(C(N)=O)N1Cc2cc(C)ccc2C1=O. The highest BCUT2D eigenvalue weighted by Gasteiger charge is 2.35. The molecule has 1 heterocycles. The van der Waals surface area contributed by atoms with Gasteiger partial charge in [-0.2, -0.15) is 0 Å². The van der Waals surface area contributed by atoms with Crippen LogP contribution in [0.5, 0.6) is 0 Å². The van der Waals surface area contributed by atoms with E-state index in [1.165, 1.54) is 12.0 Å². The predicted molar refractivity (Wildman–Crippen MR) is 75.3 cm³/mol. The zero-order chi connectivity index (χ0) is 15.6. The molecule has 0 saturated carbocycles. The van der Waals surface area contributed by atoms with Crippen molar-refractivity contribution in [1.29, 1.82) is 0 Å². The van der Waals surface area contributed by atoms with Gasteiger partial charge in [0, 0.05) is 18.5 Å². The summed E-state index contributed by atoms with van der Waals surface area (Å²) in [4.78, 5) is 36.6. The number of primary amides is 1. The van der Waals surface area contributed by atoms with Gasteiger partial charge < -0.3 is 15.4 Å². The van der Waals surface area contributed by atoms with Crippen molar-refractivity contribution in [2.24, 2.45) is 5.73 Å². The van der Waals surface area contributed by atoms with Crippen LogP contribution in [-0.2, 0) is 20.9 Å². The maximum atomic E-state index is 12.4. The lowest BCUT2D eigenvalue weighted by Gasteiger charge is -2.24. The van der Waals surface area contributed by atoms with E-state index in [0.29, 0.717) is 12.1 Å². The molecule has 0 aromatic heterocycles. The van der Waals surface area contributed by atoms with Gasteiger partial charge in [-0.05, 0) is 25.0 Å². The molecule has 2 amide bonds. The predicted octanol–water partition coefficient (Wildman–Crippen LogP) is 0.758. The second kappa shape index (κ2) is 5.95. The number of benzene rings is 1. The number of esters is 1. The van der Waals surface area contributed by atoms with Crippen molar-refractivity contribution in [1.82, 2.24) is 4.90 Å². The third kappa shape index (κ3) is 3.04. The fourth-order valence-corrected chi connectivity index (χ4v) is 2.53. The van der Waals surface area contributed by atoms with Crippen molar-refractivity contribution >= 4 is 17.8 Å². The summed E-state index contributed by atoms with van der Waals surface area (Å²) in [5.41, 5.74) is 7.90. The molecule has 6 nitrogen and oxygen atoms in total. The number of nitrogens with two attached hydrogens (primary N) is 1. The molecular weight excluding hydrogens is 272 g/mol. The number of hydrogen-bond acceptors (Lipinski definition) is 4. The number of carbonyl (C=O) groups excluding carboxylic acids is 3. The van der Waals surface area contributed by atoms with Gasteiger partial charge in [-0.25, -0.2) is 0 Å². The van der Waals surface area contributed by atoms with Gasteiger partial charge in [-0.15, -0.1) is 0 Å². The third-order valence-corrected chi connectivity index (χ3v) is 3.65. The van der Waals surface area contributed by atoms with E-state index in [1.807, 2.05) is 19.1 Å². The summed E-state index contributed by atoms with van der Waals surface area (Å²) >= 11 is 0. The van der Waals surface area contributed by atoms with Crippen LogP contribution in [0, 0.1) is 6.92 Å². The Balaban J connectivity index is 2.18. The molecule has 1 unspecified atom stereocenters. The van der Waals surface area contributed by atoms with Crippen LogP contribution in [0.3, 0.4) is 0 Å². The lowest BCUT2D eigenvalue weighted by molar-refractivity contribution is -0.141. The molecule has 2 rings (SSSR count). The summed E-state index contributed by atoms with van der Waals surface area (Å²) in [7, 11) is 1.28. The molecule has 2 N–H and O–H groups in total.